The molecule has 8 rings (SSSR count). The van der Waals surface area contributed by atoms with E-state index in [0.29, 0.717) is 33.7 Å². The number of hydrogen-bond acceptors (Lipinski definition) is 8. The first-order valence-electron chi connectivity index (χ1n) is 16.6. The van der Waals surface area contributed by atoms with Crippen molar-refractivity contribution < 1.29 is 39.5 Å². The number of benzene rings is 4. The summed E-state index contributed by atoms with van der Waals surface area (Å²) in [6.45, 7) is 1.56. The largest absolute Gasteiger partial charge is 0.461 e. The summed E-state index contributed by atoms with van der Waals surface area (Å²) in [5.41, 5.74) is 4.30. The molecule has 13 heteroatoms. The summed E-state index contributed by atoms with van der Waals surface area (Å²) in [6, 6.07) is 25.7. The van der Waals surface area contributed by atoms with Gasteiger partial charge in [-0.1, -0.05) is 42.5 Å². The van der Waals surface area contributed by atoms with Gasteiger partial charge in [0.2, 0.25) is 6.29 Å². The minimum atomic E-state index is -1.62. The Bertz CT molecular complexity index is 2270. The van der Waals surface area contributed by atoms with Gasteiger partial charge in [0.1, 0.15) is 41.6 Å². The van der Waals surface area contributed by atoms with Crippen molar-refractivity contribution in [3.05, 3.63) is 102 Å². The highest BCUT2D eigenvalue weighted by Crippen LogP contribution is 2.48. The van der Waals surface area contributed by atoms with Gasteiger partial charge in [0.25, 0.3) is 11.8 Å². The van der Waals surface area contributed by atoms with Crippen LogP contribution in [0.5, 0.6) is 5.75 Å². The number of para-hydroxylation sites is 1. The lowest BCUT2D eigenvalue weighted by atomic mass is 9.92. The van der Waals surface area contributed by atoms with Crippen molar-refractivity contribution >= 4 is 67.4 Å². The number of ether oxygens (including phenoxy) is 2. The Morgan fingerprint density at radius 2 is 1.61 bits per heavy atom. The summed E-state index contributed by atoms with van der Waals surface area (Å²) in [6.07, 6.45) is -7.35. The number of alkyl halides is 1. The van der Waals surface area contributed by atoms with Crippen LogP contribution in [0.2, 0.25) is 0 Å². The molecule has 2 aliphatic rings. The number of aromatic nitrogens is 2. The van der Waals surface area contributed by atoms with E-state index in [2.05, 4.69) is 15.3 Å². The molecule has 2 amide bonds. The molecule has 2 aliphatic heterocycles. The molecule has 7 atom stereocenters. The van der Waals surface area contributed by atoms with E-state index in [1.807, 2.05) is 55.5 Å². The van der Waals surface area contributed by atoms with Gasteiger partial charge in [0.05, 0.1) is 12.3 Å². The van der Waals surface area contributed by atoms with Crippen LogP contribution in [0.25, 0.3) is 32.6 Å². The van der Waals surface area contributed by atoms with Gasteiger partial charge in [0.15, 0.2) is 0 Å². The number of halogens is 1. The van der Waals surface area contributed by atoms with E-state index in [4.69, 9.17) is 21.1 Å². The minimum absolute atomic E-state index is 0.229. The van der Waals surface area contributed by atoms with Crippen LogP contribution in [-0.4, -0.2) is 91.4 Å². The molecule has 0 saturated carbocycles. The number of aliphatic hydroxyl groups excluding tert-OH is 4. The topological polar surface area (TPSA) is 180 Å². The second kappa shape index (κ2) is 13.0. The zero-order valence-electron chi connectivity index (χ0n) is 27.3. The van der Waals surface area contributed by atoms with E-state index in [1.54, 1.807) is 41.3 Å². The molecular formula is C38H35ClN4O8. The Kier molecular flexibility index (Phi) is 8.45. The normalized spacial score (nSPS) is 23.8. The van der Waals surface area contributed by atoms with E-state index in [0.717, 1.165) is 27.2 Å². The Morgan fingerprint density at radius 3 is 2.37 bits per heavy atom. The zero-order chi connectivity index (χ0) is 35.6. The van der Waals surface area contributed by atoms with Crippen LogP contribution in [0.3, 0.4) is 0 Å². The summed E-state index contributed by atoms with van der Waals surface area (Å²) in [7, 11) is 0. The fraction of sp³-hybridized carbons (Fsp3) is 0.263. The van der Waals surface area contributed by atoms with E-state index in [9.17, 15) is 30.0 Å². The molecule has 262 valence electrons. The number of amides is 2. The molecule has 0 aliphatic carbocycles. The molecular weight excluding hydrogens is 676 g/mol. The highest BCUT2D eigenvalue weighted by Gasteiger charge is 2.45. The number of anilines is 2. The van der Waals surface area contributed by atoms with Gasteiger partial charge in [-0.3, -0.25) is 9.59 Å². The average Bonchev–Trinajstić information content (AvgIpc) is 3.87. The van der Waals surface area contributed by atoms with Crippen molar-refractivity contribution in [1.29, 1.82) is 0 Å². The Hall–Kier alpha value is -4.95. The number of aliphatic hydroxyl groups is 4. The summed E-state index contributed by atoms with van der Waals surface area (Å²) >= 11 is 6.75. The number of fused-ring (bicyclic) bond motifs is 5. The smallest absolute Gasteiger partial charge is 0.274 e. The maximum atomic E-state index is 14.3. The quantitative estimate of drug-likeness (QED) is 0.117. The monoisotopic (exact) mass is 710 g/mol. The SMILES string of the molecule is CC(Cl)C1CN(C(=O)c2cc3cc(NC(=O)c4cc5ccccc5[nH]4)ccc3[nH]2)c2cc(OC3OC(CO)C(O)C(O)C3O)c3ccccc3c21. The van der Waals surface area contributed by atoms with Gasteiger partial charge in [-0.15, -0.1) is 11.6 Å². The molecule has 51 heavy (non-hydrogen) atoms. The van der Waals surface area contributed by atoms with Gasteiger partial charge < -0.3 is 50.1 Å². The second-order valence-corrected chi connectivity index (χ2v) is 13.8. The number of hydrogen-bond donors (Lipinski definition) is 7. The lowest BCUT2D eigenvalue weighted by Crippen LogP contribution is -2.60. The molecule has 6 aromatic rings. The van der Waals surface area contributed by atoms with Crippen LogP contribution in [-0.2, 0) is 4.74 Å². The predicted octanol–water partition coefficient (Wildman–Crippen LogP) is 4.60. The molecule has 0 bridgehead atoms. The van der Waals surface area contributed by atoms with Gasteiger partial charge in [-0.05, 0) is 54.3 Å². The van der Waals surface area contributed by atoms with Crippen LogP contribution in [0.4, 0.5) is 11.4 Å². The van der Waals surface area contributed by atoms with E-state index in [-0.39, 0.29) is 35.4 Å². The summed E-state index contributed by atoms with van der Waals surface area (Å²) in [5.74, 6) is -0.569. The number of rotatable bonds is 7. The minimum Gasteiger partial charge on any atom is -0.461 e. The molecule has 2 aromatic heterocycles. The number of nitrogens with zero attached hydrogens (tertiary/aromatic N) is 1. The number of nitrogens with one attached hydrogen (secondary N) is 3. The van der Waals surface area contributed by atoms with Crippen LogP contribution in [0.1, 0.15) is 39.4 Å². The third-order valence-corrected chi connectivity index (χ3v) is 10.1. The van der Waals surface area contributed by atoms with E-state index >= 15 is 0 Å². The summed E-state index contributed by atoms with van der Waals surface area (Å²) in [4.78, 5) is 35.3. The molecule has 7 unspecified atom stereocenters. The lowest BCUT2D eigenvalue weighted by Gasteiger charge is -2.39. The Morgan fingerprint density at radius 1 is 0.902 bits per heavy atom. The van der Waals surface area contributed by atoms with Gasteiger partial charge >= 0.3 is 0 Å². The summed E-state index contributed by atoms with van der Waals surface area (Å²) < 4.78 is 11.8. The van der Waals surface area contributed by atoms with Crippen molar-refractivity contribution in [2.24, 2.45) is 0 Å². The van der Waals surface area contributed by atoms with Crippen molar-refractivity contribution in [2.75, 3.05) is 23.4 Å². The van der Waals surface area contributed by atoms with Crippen LogP contribution in [0, 0.1) is 0 Å². The molecule has 1 saturated heterocycles. The predicted molar refractivity (Wildman–Crippen MR) is 193 cm³/mol. The van der Waals surface area contributed by atoms with Crippen molar-refractivity contribution in [2.45, 2.75) is 48.9 Å². The molecule has 0 radical (unpaired) electrons. The first-order valence-corrected chi connectivity index (χ1v) is 17.1. The van der Waals surface area contributed by atoms with Crippen molar-refractivity contribution in [1.82, 2.24) is 9.97 Å². The van der Waals surface area contributed by atoms with Crippen LogP contribution in [0.15, 0.2) is 84.9 Å². The highest BCUT2D eigenvalue weighted by atomic mass is 35.5. The maximum absolute atomic E-state index is 14.3. The van der Waals surface area contributed by atoms with Crippen molar-refractivity contribution in [3.63, 3.8) is 0 Å². The maximum Gasteiger partial charge on any atom is 0.274 e. The molecule has 7 N–H and O–H groups in total. The highest BCUT2D eigenvalue weighted by molar-refractivity contribution is 6.22. The van der Waals surface area contributed by atoms with Gasteiger partial charge in [0, 0.05) is 56.8 Å². The average molecular weight is 711 g/mol. The number of carbonyl (C=O) groups excluding carboxylic acids is 2. The van der Waals surface area contributed by atoms with E-state index < -0.39 is 37.3 Å². The molecule has 4 heterocycles. The second-order valence-electron chi connectivity index (χ2n) is 13.1. The van der Waals surface area contributed by atoms with Crippen LogP contribution >= 0.6 is 11.6 Å². The zero-order valence-corrected chi connectivity index (χ0v) is 28.0. The van der Waals surface area contributed by atoms with E-state index in [1.165, 1.54) is 0 Å². The molecule has 0 spiro atoms. The third-order valence-electron chi connectivity index (χ3n) is 9.84. The van der Waals surface area contributed by atoms with Crippen LogP contribution < -0.4 is 15.0 Å². The first kappa shape index (κ1) is 33.2. The lowest BCUT2D eigenvalue weighted by molar-refractivity contribution is -0.277. The number of H-pyrrole nitrogens is 2. The Labute approximate surface area is 296 Å². The van der Waals surface area contributed by atoms with Crippen molar-refractivity contribution in [3.8, 4) is 5.75 Å². The third kappa shape index (κ3) is 5.79. The standard InChI is InChI=1S/C38H35ClN4O8/c1-18(39)24-16-43(29-15-30(22-7-3-4-8-23(22)32(24)29)50-38-35(47)34(46)33(45)31(17-44)51-38)37(49)28-14-20-12-21(10-11-26(20)42-28)40-36(48)27-13-19-6-2-5-9-25(19)41-27/h2-15,18,24,31,33-35,38,41-42,44-47H,16-17H2,1H3,(H,40,48). The summed E-state index contributed by atoms with van der Waals surface area (Å²) in [5, 5.41) is 46.8. The number of carbonyl (C=O) groups is 2. The Balaban J connectivity index is 1.11. The molecule has 4 aromatic carbocycles. The van der Waals surface area contributed by atoms with Gasteiger partial charge in [-0.25, -0.2) is 0 Å². The first-order chi connectivity index (χ1) is 24.6. The molecule has 1 fully saturated rings. The fourth-order valence-electron chi connectivity index (χ4n) is 7.17. The molecule has 12 nitrogen and oxygen atoms in total. The number of aromatic amines is 2. The fourth-order valence-corrected chi connectivity index (χ4v) is 7.38. The van der Waals surface area contributed by atoms with Gasteiger partial charge in [-0.2, -0.15) is 0 Å².